The predicted octanol–water partition coefficient (Wildman–Crippen LogP) is 4.98. The van der Waals surface area contributed by atoms with Gasteiger partial charge in [-0.15, -0.1) is 0 Å². The van der Waals surface area contributed by atoms with Gasteiger partial charge in [-0.05, 0) is 77.6 Å². The smallest absolute Gasteiger partial charge is 0.134 e. The first-order valence-corrected chi connectivity index (χ1v) is 11.0. The molecule has 0 spiro atoms. The van der Waals surface area contributed by atoms with Crippen molar-refractivity contribution in [3.63, 3.8) is 0 Å². The molecule has 0 radical (unpaired) electrons. The standard InChI is InChI=1S/C25H36N4O/c1-16-14-17(2)20(18(3)15-16)21-22-26-24(4,5)19-10-12-28(11-9-13-30-8)23(19)29(22)27-25(21,6)7/h10,12,14-15,21,27H,9,11,13H2,1-8H3. The Morgan fingerprint density at radius 2 is 1.77 bits per heavy atom. The van der Waals surface area contributed by atoms with Crippen LogP contribution >= 0.6 is 0 Å². The van der Waals surface area contributed by atoms with Crippen molar-refractivity contribution in [3.8, 4) is 0 Å². The molecule has 1 atom stereocenters. The number of hydrogen-bond acceptors (Lipinski definition) is 4. The number of hydrogen-bond donors (Lipinski definition) is 1. The van der Waals surface area contributed by atoms with E-state index >= 15 is 0 Å². The second-order valence-electron chi connectivity index (χ2n) is 10.0. The highest BCUT2D eigenvalue weighted by Crippen LogP contribution is 2.47. The summed E-state index contributed by atoms with van der Waals surface area (Å²) in [6.45, 7) is 17.4. The summed E-state index contributed by atoms with van der Waals surface area (Å²) in [4.78, 5) is 5.33. The van der Waals surface area contributed by atoms with Gasteiger partial charge in [0.25, 0.3) is 0 Å². The molecule has 2 aliphatic rings. The Morgan fingerprint density at radius 3 is 2.40 bits per heavy atom. The third kappa shape index (κ3) is 3.28. The molecule has 2 aromatic rings. The Bertz CT molecular complexity index is 976. The van der Waals surface area contributed by atoms with E-state index < -0.39 is 0 Å². The van der Waals surface area contributed by atoms with Crippen molar-refractivity contribution in [2.24, 2.45) is 4.99 Å². The molecule has 5 heteroatoms. The zero-order valence-corrected chi connectivity index (χ0v) is 19.8. The number of methoxy groups -OCH3 is 1. The molecule has 1 fully saturated rings. The van der Waals surface area contributed by atoms with Gasteiger partial charge in [0.1, 0.15) is 11.7 Å². The minimum atomic E-state index is -0.263. The van der Waals surface area contributed by atoms with E-state index in [4.69, 9.17) is 9.73 Å². The van der Waals surface area contributed by atoms with Gasteiger partial charge >= 0.3 is 0 Å². The lowest BCUT2D eigenvalue weighted by molar-refractivity contribution is 0.190. The van der Waals surface area contributed by atoms with Crippen molar-refractivity contribution in [2.75, 3.05) is 18.7 Å². The van der Waals surface area contributed by atoms with Crippen molar-refractivity contribution >= 4 is 11.7 Å². The highest BCUT2D eigenvalue weighted by molar-refractivity contribution is 6.07. The summed E-state index contributed by atoms with van der Waals surface area (Å²) in [6, 6.07) is 6.83. The van der Waals surface area contributed by atoms with E-state index in [1.54, 1.807) is 7.11 Å². The fourth-order valence-corrected chi connectivity index (χ4v) is 5.37. The highest BCUT2D eigenvalue weighted by atomic mass is 16.5. The van der Waals surface area contributed by atoms with Gasteiger partial charge in [-0.25, -0.2) is 10.4 Å². The molecular formula is C25H36N4O. The molecule has 1 unspecified atom stereocenters. The summed E-state index contributed by atoms with van der Waals surface area (Å²) < 4.78 is 7.64. The average Bonchev–Trinajstić information content (AvgIpc) is 3.15. The van der Waals surface area contributed by atoms with Crippen LogP contribution in [-0.4, -0.2) is 29.7 Å². The number of nitrogens with one attached hydrogen (secondary N) is 1. The van der Waals surface area contributed by atoms with Crippen molar-refractivity contribution in [3.05, 3.63) is 52.2 Å². The minimum absolute atomic E-state index is 0.150. The molecule has 0 aliphatic carbocycles. The molecule has 1 aromatic carbocycles. The van der Waals surface area contributed by atoms with Crippen LogP contribution in [0.4, 0.5) is 5.82 Å². The van der Waals surface area contributed by atoms with Gasteiger partial charge in [-0.2, -0.15) is 0 Å². The zero-order valence-electron chi connectivity index (χ0n) is 19.8. The highest BCUT2D eigenvalue weighted by Gasteiger charge is 2.51. The third-order valence-corrected chi connectivity index (χ3v) is 6.58. The molecular weight excluding hydrogens is 372 g/mol. The van der Waals surface area contributed by atoms with Crippen LogP contribution in [0.25, 0.3) is 0 Å². The first kappa shape index (κ1) is 21.1. The number of benzene rings is 1. The van der Waals surface area contributed by atoms with Crippen molar-refractivity contribution in [2.45, 2.75) is 78.4 Å². The Morgan fingerprint density at radius 1 is 1.10 bits per heavy atom. The van der Waals surface area contributed by atoms with E-state index in [1.165, 1.54) is 33.6 Å². The summed E-state index contributed by atoms with van der Waals surface area (Å²) in [5.41, 5.74) is 10.1. The molecule has 5 nitrogen and oxygen atoms in total. The number of amidine groups is 1. The molecule has 1 N–H and O–H groups in total. The molecule has 30 heavy (non-hydrogen) atoms. The first-order valence-electron chi connectivity index (χ1n) is 11.0. The number of nitrogens with zero attached hydrogens (tertiary/aromatic N) is 3. The van der Waals surface area contributed by atoms with Gasteiger partial charge in [0, 0.05) is 37.6 Å². The quantitative estimate of drug-likeness (QED) is 0.709. The summed E-state index contributed by atoms with van der Waals surface area (Å²) in [5, 5.41) is 2.26. The molecule has 0 bridgehead atoms. The average molecular weight is 409 g/mol. The van der Waals surface area contributed by atoms with Gasteiger partial charge in [0.15, 0.2) is 0 Å². The Kier molecular flexibility index (Phi) is 5.10. The van der Waals surface area contributed by atoms with E-state index in [9.17, 15) is 0 Å². The van der Waals surface area contributed by atoms with Gasteiger partial charge in [0.05, 0.1) is 11.5 Å². The molecule has 4 rings (SSSR count). The van der Waals surface area contributed by atoms with Crippen LogP contribution in [0.15, 0.2) is 29.4 Å². The molecule has 3 heterocycles. The van der Waals surface area contributed by atoms with Crippen LogP contribution < -0.4 is 10.4 Å². The fourth-order valence-electron chi connectivity index (χ4n) is 5.37. The second kappa shape index (κ2) is 7.24. The van der Waals surface area contributed by atoms with Gasteiger partial charge < -0.3 is 9.30 Å². The van der Waals surface area contributed by atoms with Crippen LogP contribution in [0.1, 0.15) is 67.9 Å². The molecule has 1 saturated heterocycles. The van der Waals surface area contributed by atoms with Crippen molar-refractivity contribution in [1.29, 1.82) is 0 Å². The van der Waals surface area contributed by atoms with E-state index in [0.717, 1.165) is 25.4 Å². The van der Waals surface area contributed by atoms with Gasteiger partial charge in [0.2, 0.25) is 0 Å². The van der Waals surface area contributed by atoms with Gasteiger partial charge in [-0.1, -0.05) is 17.7 Å². The number of aryl methyl sites for hydroxylation is 4. The molecule has 0 amide bonds. The maximum absolute atomic E-state index is 5.33. The fraction of sp³-hybridized carbons (Fsp3) is 0.560. The lowest BCUT2D eigenvalue weighted by Crippen LogP contribution is -2.46. The summed E-state index contributed by atoms with van der Waals surface area (Å²) in [6.07, 6.45) is 3.19. The van der Waals surface area contributed by atoms with Crippen molar-refractivity contribution < 1.29 is 4.74 Å². The first-order chi connectivity index (χ1) is 14.1. The minimum Gasteiger partial charge on any atom is -0.385 e. The monoisotopic (exact) mass is 408 g/mol. The van der Waals surface area contributed by atoms with Crippen LogP contribution in [-0.2, 0) is 16.8 Å². The molecule has 162 valence electrons. The Hall–Kier alpha value is -2.11. The largest absolute Gasteiger partial charge is 0.385 e. The Balaban J connectivity index is 1.85. The third-order valence-electron chi connectivity index (χ3n) is 6.58. The molecule has 1 aromatic heterocycles. The number of ether oxygens (including phenoxy) is 1. The molecule has 2 aliphatic heterocycles. The number of aliphatic imine (C=N–C) groups is 1. The van der Waals surface area contributed by atoms with E-state index in [-0.39, 0.29) is 17.0 Å². The number of fused-ring (bicyclic) bond motifs is 3. The van der Waals surface area contributed by atoms with Crippen LogP contribution in [0.2, 0.25) is 0 Å². The van der Waals surface area contributed by atoms with Crippen molar-refractivity contribution in [1.82, 2.24) is 9.99 Å². The van der Waals surface area contributed by atoms with E-state index in [1.807, 2.05) is 0 Å². The number of anilines is 1. The normalized spacial score (nSPS) is 21.4. The lowest BCUT2D eigenvalue weighted by atomic mass is 9.78. The van der Waals surface area contributed by atoms with Gasteiger partial charge in [-0.3, -0.25) is 4.99 Å². The summed E-state index contributed by atoms with van der Waals surface area (Å²) >= 11 is 0. The Labute approximate surface area is 181 Å². The van der Waals surface area contributed by atoms with Crippen LogP contribution in [0, 0.1) is 20.8 Å². The summed E-state index contributed by atoms with van der Waals surface area (Å²) in [7, 11) is 1.76. The van der Waals surface area contributed by atoms with Crippen LogP contribution in [0.3, 0.4) is 0 Å². The number of hydrazine groups is 1. The molecule has 0 saturated carbocycles. The number of rotatable bonds is 5. The zero-order chi connectivity index (χ0) is 21.8. The predicted molar refractivity (Wildman–Crippen MR) is 124 cm³/mol. The van der Waals surface area contributed by atoms with E-state index in [0.29, 0.717) is 0 Å². The maximum atomic E-state index is 5.33. The van der Waals surface area contributed by atoms with E-state index in [2.05, 4.69) is 87.9 Å². The topological polar surface area (TPSA) is 41.8 Å². The second-order valence-corrected chi connectivity index (χ2v) is 10.0. The number of aromatic nitrogens is 1. The summed E-state index contributed by atoms with van der Waals surface area (Å²) in [5.74, 6) is 2.53. The maximum Gasteiger partial charge on any atom is 0.134 e. The van der Waals surface area contributed by atoms with Crippen LogP contribution in [0.5, 0.6) is 0 Å². The SMILES string of the molecule is COCCCn1ccc2c1N1NC(C)(C)C(c3c(C)cc(C)cc3C)C1=NC2(C)C. The lowest BCUT2D eigenvalue weighted by Gasteiger charge is -2.35.